The Bertz CT molecular complexity index is 1160. The molecule has 6 nitrogen and oxygen atoms in total. The van der Waals surface area contributed by atoms with Gasteiger partial charge in [-0.15, -0.1) is 0 Å². The van der Waals surface area contributed by atoms with E-state index in [0.717, 1.165) is 6.20 Å². The van der Waals surface area contributed by atoms with E-state index in [-0.39, 0.29) is 29.7 Å². The highest BCUT2D eigenvalue weighted by Gasteiger charge is 2.42. The zero-order chi connectivity index (χ0) is 23.6. The van der Waals surface area contributed by atoms with Crippen LogP contribution in [0.3, 0.4) is 0 Å². The van der Waals surface area contributed by atoms with E-state index in [4.69, 9.17) is 11.6 Å². The number of nitrogens with zero attached hydrogens (tertiary/aromatic N) is 3. The summed E-state index contributed by atoms with van der Waals surface area (Å²) >= 11 is 5.92. The third-order valence-corrected chi connectivity index (χ3v) is 5.68. The van der Waals surface area contributed by atoms with Gasteiger partial charge >= 0.3 is 6.18 Å². The number of hydrogen-bond donors (Lipinski definition) is 1. The highest BCUT2D eigenvalue weighted by atomic mass is 35.5. The topological polar surface area (TPSA) is 67.2 Å². The van der Waals surface area contributed by atoms with E-state index in [1.807, 2.05) is 6.07 Å². The van der Waals surface area contributed by atoms with Gasteiger partial charge < -0.3 is 10.2 Å². The van der Waals surface area contributed by atoms with Gasteiger partial charge in [-0.2, -0.15) is 18.3 Å². The van der Waals surface area contributed by atoms with Crippen LogP contribution in [0.5, 0.6) is 0 Å². The Hall–Kier alpha value is -3.33. The molecule has 4 rings (SSSR count). The molecule has 3 aromatic rings. The maximum atomic E-state index is 14.0. The smallest absolute Gasteiger partial charge is 0.338 e. The number of amides is 2. The number of benzene rings is 2. The van der Waals surface area contributed by atoms with Crippen LogP contribution in [0, 0.1) is 5.92 Å². The number of anilines is 1. The fourth-order valence-electron chi connectivity index (χ4n) is 3.89. The highest BCUT2D eigenvalue weighted by Crippen LogP contribution is 2.35. The monoisotopic (exact) mass is 476 g/mol. The molecule has 1 aromatic heterocycles. The van der Waals surface area contributed by atoms with Crippen LogP contribution in [0.4, 0.5) is 18.9 Å². The first-order chi connectivity index (χ1) is 15.7. The molecule has 0 spiro atoms. The average molecular weight is 477 g/mol. The van der Waals surface area contributed by atoms with Crippen LogP contribution in [0.25, 0.3) is 5.69 Å². The molecule has 1 aliphatic heterocycles. The molecular formula is C23H20ClF3N4O2. The molecule has 1 fully saturated rings. The number of hydrogen-bond acceptors (Lipinski definition) is 3. The minimum atomic E-state index is -4.83. The second-order valence-corrected chi connectivity index (χ2v) is 8.18. The van der Waals surface area contributed by atoms with Crippen molar-refractivity contribution in [1.29, 1.82) is 0 Å². The molecule has 172 valence electrons. The first kappa shape index (κ1) is 22.8. The average Bonchev–Trinajstić information content (AvgIpc) is 3.25. The van der Waals surface area contributed by atoms with Crippen molar-refractivity contribution in [2.75, 3.05) is 18.4 Å². The van der Waals surface area contributed by atoms with Gasteiger partial charge in [0.25, 0.3) is 5.91 Å². The summed E-state index contributed by atoms with van der Waals surface area (Å²) in [5.41, 5.74) is -1.03. The van der Waals surface area contributed by atoms with E-state index in [9.17, 15) is 22.8 Å². The number of alkyl halides is 3. The zero-order valence-corrected chi connectivity index (χ0v) is 18.1. The van der Waals surface area contributed by atoms with E-state index < -0.39 is 29.3 Å². The molecular weight excluding hydrogens is 457 g/mol. The second kappa shape index (κ2) is 9.27. The summed E-state index contributed by atoms with van der Waals surface area (Å²) in [5, 5.41) is 6.87. The number of para-hydroxylation sites is 1. The van der Waals surface area contributed by atoms with Gasteiger partial charge in [0, 0.05) is 23.8 Å². The number of piperidine rings is 1. The maximum absolute atomic E-state index is 14.0. The lowest BCUT2D eigenvalue weighted by Crippen LogP contribution is -2.44. The predicted octanol–water partition coefficient (Wildman–Crippen LogP) is 5.04. The standard InChI is InChI=1S/C23H20ClF3N4O2/c24-16-7-4-10-18(12-16)31-20(23(25,26)27)19(13-28-31)22(33)30-11-5-6-15(14-30)21(32)29-17-8-2-1-3-9-17/h1-4,7-10,12-13,15H,5-6,11,14H2,(H,29,32). The van der Waals surface area contributed by atoms with Crippen LogP contribution in [-0.2, 0) is 11.0 Å². The summed E-state index contributed by atoms with van der Waals surface area (Å²) in [6.07, 6.45) is -2.87. The van der Waals surface area contributed by atoms with E-state index in [1.165, 1.54) is 29.2 Å². The summed E-state index contributed by atoms with van der Waals surface area (Å²) in [6.45, 7) is 0.282. The Morgan fingerprint density at radius 3 is 2.55 bits per heavy atom. The molecule has 0 saturated carbocycles. The van der Waals surface area contributed by atoms with Crippen molar-refractivity contribution in [3.8, 4) is 5.69 Å². The molecule has 2 heterocycles. The quantitative estimate of drug-likeness (QED) is 0.574. The van der Waals surface area contributed by atoms with Crippen molar-refractivity contribution < 1.29 is 22.8 Å². The van der Waals surface area contributed by atoms with Crippen LogP contribution >= 0.6 is 11.6 Å². The van der Waals surface area contributed by atoms with Gasteiger partial charge in [0.2, 0.25) is 5.91 Å². The van der Waals surface area contributed by atoms with Crippen LogP contribution in [0.1, 0.15) is 28.9 Å². The number of aromatic nitrogens is 2. The van der Waals surface area contributed by atoms with Gasteiger partial charge in [0.15, 0.2) is 5.69 Å². The fourth-order valence-corrected chi connectivity index (χ4v) is 4.08. The lowest BCUT2D eigenvalue weighted by atomic mass is 9.96. The minimum absolute atomic E-state index is 0.0249. The molecule has 33 heavy (non-hydrogen) atoms. The van der Waals surface area contributed by atoms with E-state index >= 15 is 0 Å². The first-order valence-electron chi connectivity index (χ1n) is 10.3. The van der Waals surface area contributed by atoms with Crippen LogP contribution in [-0.4, -0.2) is 39.6 Å². The fraction of sp³-hybridized carbons (Fsp3) is 0.261. The molecule has 2 amide bonds. The Morgan fingerprint density at radius 2 is 1.85 bits per heavy atom. The predicted molar refractivity (Wildman–Crippen MR) is 117 cm³/mol. The molecule has 2 aromatic carbocycles. The van der Waals surface area contributed by atoms with E-state index in [2.05, 4.69) is 10.4 Å². The molecule has 0 radical (unpaired) electrons. The van der Waals surface area contributed by atoms with Crippen molar-refractivity contribution in [1.82, 2.24) is 14.7 Å². The summed E-state index contributed by atoms with van der Waals surface area (Å²) in [6, 6.07) is 14.6. The number of likely N-dealkylation sites (tertiary alicyclic amines) is 1. The summed E-state index contributed by atoms with van der Waals surface area (Å²) in [5.74, 6) is -1.61. The molecule has 1 unspecified atom stereocenters. The summed E-state index contributed by atoms with van der Waals surface area (Å²) < 4.78 is 42.6. The molecule has 1 aliphatic rings. The number of carbonyl (C=O) groups is 2. The van der Waals surface area contributed by atoms with E-state index in [1.54, 1.807) is 24.3 Å². The van der Waals surface area contributed by atoms with Gasteiger partial charge in [-0.3, -0.25) is 9.59 Å². The molecule has 1 atom stereocenters. The third-order valence-electron chi connectivity index (χ3n) is 5.44. The van der Waals surface area contributed by atoms with Gasteiger partial charge in [-0.1, -0.05) is 35.9 Å². The normalized spacial score (nSPS) is 16.5. The van der Waals surface area contributed by atoms with Crippen molar-refractivity contribution in [2.45, 2.75) is 19.0 Å². The maximum Gasteiger partial charge on any atom is 0.434 e. The largest absolute Gasteiger partial charge is 0.434 e. The second-order valence-electron chi connectivity index (χ2n) is 7.74. The summed E-state index contributed by atoms with van der Waals surface area (Å²) in [7, 11) is 0. The Balaban J connectivity index is 1.58. The zero-order valence-electron chi connectivity index (χ0n) is 17.3. The number of halogens is 4. The molecule has 0 bridgehead atoms. The van der Waals surface area contributed by atoms with Crippen LogP contribution in [0.2, 0.25) is 5.02 Å². The first-order valence-corrected chi connectivity index (χ1v) is 10.7. The number of nitrogens with one attached hydrogen (secondary N) is 1. The number of carbonyl (C=O) groups excluding carboxylic acids is 2. The highest BCUT2D eigenvalue weighted by molar-refractivity contribution is 6.30. The molecule has 0 aliphatic carbocycles. The van der Waals surface area contributed by atoms with Crippen LogP contribution < -0.4 is 5.32 Å². The van der Waals surface area contributed by atoms with Gasteiger partial charge in [0.1, 0.15) is 0 Å². The van der Waals surface area contributed by atoms with Crippen LogP contribution in [0.15, 0.2) is 60.8 Å². The molecule has 1 N–H and O–H groups in total. The van der Waals surface area contributed by atoms with Crippen molar-refractivity contribution in [3.63, 3.8) is 0 Å². The Kier molecular flexibility index (Phi) is 6.42. The lowest BCUT2D eigenvalue weighted by Gasteiger charge is -2.32. The Morgan fingerprint density at radius 1 is 1.09 bits per heavy atom. The van der Waals surface area contributed by atoms with Gasteiger partial charge in [-0.05, 0) is 43.2 Å². The summed E-state index contributed by atoms with van der Waals surface area (Å²) in [4.78, 5) is 27.1. The third kappa shape index (κ3) is 5.03. The van der Waals surface area contributed by atoms with E-state index in [0.29, 0.717) is 23.2 Å². The van der Waals surface area contributed by atoms with Crippen molar-refractivity contribution >= 4 is 29.1 Å². The lowest BCUT2D eigenvalue weighted by molar-refractivity contribution is -0.143. The molecule has 1 saturated heterocycles. The van der Waals surface area contributed by atoms with Gasteiger partial charge in [0.05, 0.1) is 23.4 Å². The Labute approximate surface area is 192 Å². The van der Waals surface area contributed by atoms with Crippen molar-refractivity contribution in [2.24, 2.45) is 5.92 Å². The van der Waals surface area contributed by atoms with Gasteiger partial charge in [-0.25, -0.2) is 4.68 Å². The SMILES string of the molecule is O=C(Nc1ccccc1)C1CCCN(C(=O)c2cnn(-c3cccc(Cl)c3)c2C(F)(F)F)C1. The van der Waals surface area contributed by atoms with Crippen molar-refractivity contribution in [3.05, 3.63) is 77.1 Å². The minimum Gasteiger partial charge on any atom is -0.338 e. The number of rotatable bonds is 4. The molecule has 10 heteroatoms.